The summed E-state index contributed by atoms with van der Waals surface area (Å²) in [5.74, 6) is 0.865. The van der Waals surface area contributed by atoms with E-state index in [2.05, 4.69) is 15.3 Å². The number of benzene rings is 2. The molecule has 130 valence electrons. The first kappa shape index (κ1) is 16.2. The first-order valence-corrected chi connectivity index (χ1v) is 8.72. The van der Waals surface area contributed by atoms with Crippen LogP contribution in [0.1, 0.15) is 5.56 Å². The highest BCUT2D eigenvalue weighted by Gasteiger charge is 2.23. The molecule has 0 aliphatic carbocycles. The monoisotopic (exact) mass is 365 g/mol. The van der Waals surface area contributed by atoms with Gasteiger partial charge >= 0.3 is 0 Å². The second kappa shape index (κ2) is 6.57. The zero-order chi connectivity index (χ0) is 18.1. The van der Waals surface area contributed by atoms with E-state index in [0.717, 1.165) is 16.8 Å². The second-order valence-corrected chi connectivity index (χ2v) is 6.49. The molecule has 7 nitrogen and oxygen atoms in total. The molecule has 0 unspecified atom stereocenters. The van der Waals surface area contributed by atoms with Gasteiger partial charge in [-0.15, -0.1) is 10.2 Å². The summed E-state index contributed by atoms with van der Waals surface area (Å²) in [6, 6.07) is 13.1. The second-order valence-electron chi connectivity index (χ2n) is 5.66. The number of hydrogen-bond donors (Lipinski definition) is 2. The minimum atomic E-state index is 0.0867. The maximum atomic E-state index is 10.9. The maximum absolute atomic E-state index is 10.9. The fourth-order valence-corrected chi connectivity index (χ4v) is 3.62. The molecule has 0 aliphatic heterocycles. The zero-order valence-electron chi connectivity index (χ0n) is 13.9. The van der Waals surface area contributed by atoms with Crippen molar-refractivity contribution in [2.24, 2.45) is 5.11 Å². The first-order chi connectivity index (χ1) is 12.7. The van der Waals surface area contributed by atoms with Crippen LogP contribution >= 0.6 is 11.3 Å². The zero-order valence-corrected chi connectivity index (χ0v) is 14.7. The van der Waals surface area contributed by atoms with Gasteiger partial charge in [-0.3, -0.25) is 0 Å². The smallest absolute Gasteiger partial charge is 0.203 e. The van der Waals surface area contributed by atoms with E-state index in [1.807, 2.05) is 36.4 Å². The molecule has 2 N–H and O–H groups in total. The quantitative estimate of drug-likeness (QED) is 0.506. The van der Waals surface area contributed by atoms with Crippen molar-refractivity contribution in [1.29, 1.82) is 5.53 Å². The summed E-state index contributed by atoms with van der Waals surface area (Å²) in [6.45, 7) is 0.465. The molecule has 0 aliphatic rings. The molecule has 4 aromatic rings. The number of hydrogen-bond acceptors (Lipinski definition) is 7. The molecule has 8 heteroatoms. The van der Waals surface area contributed by atoms with Crippen molar-refractivity contribution in [3.05, 3.63) is 53.5 Å². The summed E-state index contributed by atoms with van der Waals surface area (Å²) in [6.07, 6.45) is 0. The summed E-state index contributed by atoms with van der Waals surface area (Å²) in [4.78, 5) is 0. The Morgan fingerprint density at radius 1 is 1.23 bits per heavy atom. The largest absolute Gasteiger partial charge is 0.497 e. The van der Waals surface area contributed by atoms with Gasteiger partial charge in [0.05, 0.1) is 30.4 Å². The van der Waals surface area contributed by atoms with Gasteiger partial charge in [0.2, 0.25) is 5.88 Å². The van der Waals surface area contributed by atoms with Crippen molar-refractivity contribution in [2.75, 3.05) is 7.11 Å². The van der Waals surface area contributed by atoms with Crippen molar-refractivity contribution in [2.45, 2.75) is 6.54 Å². The fraction of sp³-hybridized carbons (Fsp3) is 0.111. The van der Waals surface area contributed by atoms with Crippen LogP contribution in [0.15, 0.2) is 53.1 Å². The molecule has 0 fully saturated rings. The molecular weight excluding hydrogens is 350 g/mol. The number of aromatic hydroxyl groups is 1. The van der Waals surface area contributed by atoms with Crippen molar-refractivity contribution in [3.8, 4) is 22.2 Å². The summed E-state index contributed by atoms with van der Waals surface area (Å²) >= 11 is 1.33. The molecule has 2 aromatic heterocycles. The molecule has 0 atom stereocenters. The molecule has 2 heterocycles. The van der Waals surface area contributed by atoms with Crippen LogP contribution in [-0.4, -0.2) is 27.0 Å². The lowest BCUT2D eigenvalue weighted by Gasteiger charge is -2.08. The lowest BCUT2D eigenvalue weighted by atomic mass is 10.1. The van der Waals surface area contributed by atoms with Gasteiger partial charge in [0, 0.05) is 5.39 Å². The predicted molar refractivity (Wildman–Crippen MR) is 99.4 cm³/mol. The van der Waals surface area contributed by atoms with E-state index >= 15 is 0 Å². The Labute approximate surface area is 153 Å². The van der Waals surface area contributed by atoms with E-state index in [4.69, 9.17) is 10.3 Å². The van der Waals surface area contributed by atoms with Crippen LogP contribution in [0.3, 0.4) is 0 Å². The molecule has 0 spiro atoms. The number of methoxy groups -OCH3 is 1. The average molecular weight is 365 g/mol. The molecular formula is C18H15N5O2S. The molecule has 0 bridgehead atoms. The normalized spacial score (nSPS) is 11.0. The van der Waals surface area contributed by atoms with Crippen LogP contribution in [0.5, 0.6) is 11.6 Å². The fourth-order valence-electron chi connectivity index (χ4n) is 3.02. The highest BCUT2D eigenvalue weighted by Crippen LogP contribution is 2.44. The standard InChI is InChI=1S/C18H15N5O2S/c1-25-12-7-5-11(6-8-12)9-23-14-4-2-3-13(21-19)15(14)16(18(23)24)17-22-20-10-26-17/h2-8,10,19,24H,9H2,1H3. The van der Waals surface area contributed by atoms with Gasteiger partial charge in [-0.1, -0.05) is 29.5 Å². The third-order valence-corrected chi connectivity index (χ3v) is 4.94. The van der Waals surface area contributed by atoms with Crippen molar-refractivity contribution < 1.29 is 9.84 Å². The van der Waals surface area contributed by atoms with Gasteiger partial charge in [0.25, 0.3) is 0 Å². The van der Waals surface area contributed by atoms with Crippen molar-refractivity contribution >= 4 is 27.9 Å². The maximum Gasteiger partial charge on any atom is 0.203 e. The highest BCUT2D eigenvalue weighted by atomic mass is 32.1. The third kappa shape index (κ3) is 2.60. The Kier molecular flexibility index (Phi) is 4.10. The average Bonchev–Trinajstić information content (AvgIpc) is 3.29. The summed E-state index contributed by atoms with van der Waals surface area (Å²) < 4.78 is 6.99. The van der Waals surface area contributed by atoms with Gasteiger partial charge in [-0.2, -0.15) is 5.11 Å². The minimum absolute atomic E-state index is 0.0867. The summed E-state index contributed by atoms with van der Waals surface area (Å²) in [7, 11) is 1.63. The molecule has 4 rings (SSSR count). The van der Waals surface area contributed by atoms with Crippen molar-refractivity contribution in [1.82, 2.24) is 14.8 Å². The predicted octanol–water partition coefficient (Wildman–Crippen LogP) is 4.58. The molecule has 0 radical (unpaired) electrons. The lowest BCUT2D eigenvalue weighted by Crippen LogP contribution is -1.99. The Balaban J connectivity index is 1.92. The van der Waals surface area contributed by atoms with E-state index in [9.17, 15) is 5.11 Å². The van der Waals surface area contributed by atoms with Crippen molar-refractivity contribution in [3.63, 3.8) is 0 Å². The van der Waals surface area contributed by atoms with Crippen LogP contribution in [-0.2, 0) is 6.54 Å². The van der Waals surface area contributed by atoms with E-state index in [1.54, 1.807) is 23.3 Å². The van der Waals surface area contributed by atoms with E-state index < -0.39 is 0 Å². The minimum Gasteiger partial charge on any atom is -0.497 e. The number of nitrogens with zero attached hydrogens (tertiary/aromatic N) is 4. The Morgan fingerprint density at radius 2 is 2.04 bits per heavy atom. The van der Waals surface area contributed by atoms with E-state index in [-0.39, 0.29) is 5.88 Å². The Hall–Kier alpha value is -3.26. The van der Waals surface area contributed by atoms with E-state index in [1.165, 1.54) is 11.3 Å². The molecule has 0 saturated heterocycles. The van der Waals surface area contributed by atoms with Gasteiger partial charge in [-0.05, 0) is 29.8 Å². The Morgan fingerprint density at radius 3 is 2.69 bits per heavy atom. The van der Waals surface area contributed by atoms with Crippen LogP contribution in [0.4, 0.5) is 5.69 Å². The van der Waals surface area contributed by atoms with Gasteiger partial charge in [-0.25, -0.2) is 5.53 Å². The molecule has 26 heavy (non-hydrogen) atoms. The van der Waals surface area contributed by atoms with Gasteiger partial charge in [0.15, 0.2) is 5.01 Å². The van der Waals surface area contributed by atoms with Gasteiger partial charge in [0.1, 0.15) is 11.3 Å². The SMILES string of the molecule is COc1ccc(Cn2c(O)c(-c3nncs3)c3c(N=N)cccc32)cc1. The number of rotatable bonds is 5. The van der Waals surface area contributed by atoms with Crippen LogP contribution < -0.4 is 4.74 Å². The highest BCUT2D eigenvalue weighted by molar-refractivity contribution is 7.12. The molecule has 2 aromatic carbocycles. The first-order valence-electron chi connectivity index (χ1n) is 7.84. The molecule has 0 amide bonds. The topological polar surface area (TPSA) is 96.4 Å². The number of ether oxygens (including phenoxy) is 1. The Bertz CT molecular complexity index is 1070. The van der Waals surface area contributed by atoms with Crippen LogP contribution in [0, 0.1) is 5.53 Å². The van der Waals surface area contributed by atoms with E-state index in [0.29, 0.717) is 28.2 Å². The molecule has 0 saturated carbocycles. The lowest BCUT2D eigenvalue weighted by molar-refractivity contribution is 0.414. The number of aromatic nitrogens is 3. The van der Waals surface area contributed by atoms with Gasteiger partial charge < -0.3 is 14.4 Å². The third-order valence-electron chi connectivity index (χ3n) is 4.23. The number of fused-ring (bicyclic) bond motifs is 1. The summed E-state index contributed by atoms with van der Waals surface area (Å²) in [5.41, 5.74) is 11.9. The van der Waals surface area contributed by atoms with Crippen LogP contribution in [0.2, 0.25) is 0 Å². The summed E-state index contributed by atoms with van der Waals surface area (Å²) in [5, 5.41) is 23.8. The van der Waals surface area contributed by atoms with Crippen LogP contribution in [0.25, 0.3) is 21.5 Å². The number of nitrogens with one attached hydrogen (secondary N) is 1.